The van der Waals surface area contributed by atoms with Gasteiger partial charge in [-0.15, -0.1) is 0 Å². The van der Waals surface area contributed by atoms with Crippen LogP contribution in [0.5, 0.6) is 0 Å². The van der Waals surface area contributed by atoms with Crippen molar-refractivity contribution in [2.75, 3.05) is 13.1 Å². The Morgan fingerprint density at radius 2 is 2.00 bits per heavy atom. The lowest BCUT2D eigenvalue weighted by Crippen LogP contribution is -2.52. The molecule has 4 heteroatoms. The molecule has 1 aliphatic heterocycles. The summed E-state index contributed by atoms with van der Waals surface area (Å²) in [6.07, 6.45) is 1.73. The number of hydrogen-bond acceptors (Lipinski definition) is 3. The van der Waals surface area contributed by atoms with E-state index in [1.165, 1.54) is 0 Å². The predicted molar refractivity (Wildman–Crippen MR) is 82.1 cm³/mol. The zero-order valence-electron chi connectivity index (χ0n) is 13.1. The number of nitrogens with zero attached hydrogens (tertiary/aromatic N) is 1. The molecule has 2 rings (SSSR count). The maximum atomic E-state index is 12.1. The topological polar surface area (TPSA) is 49.8 Å². The highest BCUT2D eigenvalue weighted by Gasteiger charge is 2.36. The second kappa shape index (κ2) is 6.06. The van der Waals surface area contributed by atoms with Crippen LogP contribution in [0.2, 0.25) is 0 Å². The van der Waals surface area contributed by atoms with Gasteiger partial charge in [0.15, 0.2) is 0 Å². The van der Waals surface area contributed by atoms with E-state index in [1.807, 2.05) is 51.1 Å². The number of carbonyl (C=O) groups excluding carboxylic acids is 1. The molecule has 1 amide bonds. The van der Waals surface area contributed by atoms with E-state index in [1.54, 1.807) is 4.90 Å². The quantitative estimate of drug-likeness (QED) is 0.911. The number of aliphatic hydroxyl groups is 1. The molecule has 0 unspecified atom stereocenters. The Kier molecular flexibility index (Phi) is 4.57. The monoisotopic (exact) mass is 291 g/mol. The molecule has 0 saturated carbocycles. The number of ether oxygens (including phenoxy) is 1. The van der Waals surface area contributed by atoms with Crippen molar-refractivity contribution in [1.29, 1.82) is 0 Å². The number of amides is 1. The van der Waals surface area contributed by atoms with Crippen LogP contribution in [0.25, 0.3) is 0 Å². The average Bonchev–Trinajstić information content (AvgIpc) is 2.37. The molecule has 1 saturated heterocycles. The molecule has 1 fully saturated rings. The van der Waals surface area contributed by atoms with Crippen LogP contribution >= 0.6 is 0 Å². The van der Waals surface area contributed by atoms with Crippen LogP contribution in [0.4, 0.5) is 4.79 Å². The van der Waals surface area contributed by atoms with Gasteiger partial charge in [-0.1, -0.05) is 30.3 Å². The minimum absolute atomic E-state index is 0.330. The third-order valence-electron chi connectivity index (χ3n) is 3.58. The number of likely N-dealkylation sites (tertiary alicyclic amines) is 1. The molecule has 1 aliphatic rings. The summed E-state index contributed by atoms with van der Waals surface area (Å²) >= 11 is 0. The van der Waals surface area contributed by atoms with Gasteiger partial charge >= 0.3 is 6.09 Å². The molecular formula is C17H25NO3. The van der Waals surface area contributed by atoms with Gasteiger partial charge in [0.2, 0.25) is 0 Å². The number of piperidine rings is 1. The van der Waals surface area contributed by atoms with Crippen molar-refractivity contribution in [1.82, 2.24) is 4.90 Å². The van der Waals surface area contributed by atoms with Crippen molar-refractivity contribution < 1.29 is 14.6 Å². The van der Waals surface area contributed by atoms with Gasteiger partial charge in [-0.05, 0) is 39.2 Å². The van der Waals surface area contributed by atoms with Gasteiger partial charge in [0.05, 0.1) is 12.1 Å². The number of rotatable bonds is 2. The smallest absolute Gasteiger partial charge is 0.410 e. The molecule has 1 N–H and O–H groups in total. The Labute approximate surface area is 126 Å². The molecule has 0 aliphatic carbocycles. The van der Waals surface area contributed by atoms with E-state index in [-0.39, 0.29) is 6.09 Å². The summed E-state index contributed by atoms with van der Waals surface area (Å²) in [4.78, 5) is 13.8. The Hall–Kier alpha value is -1.55. The SMILES string of the molecule is CC(C)(C)OC(=O)N1CCC[C@](O)(Cc2ccccc2)C1. The van der Waals surface area contributed by atoms with Crippen molar-refractivity contribution in [3.63, 3.8) is 0 Å². The van der Waals surface area contributed by atoms with Gasteiger partial charge in [0.1, 0.15) is 5.60 Å². The molecule has 0 radical (unpaired) electrons. The largest absolute Gasteiger partial charge is 0.444 e. The first-order chi connectivity index (χ1) is 9.77. The summed E-state index contributed by atoms with van der Waals surface area (Å²) in [5.41, 5.74) is -0.284. The summed E-state index contributed by atoms with van der Waals surface area (Å²) in [6.45, 7) is 6.53. The van der Waals surface area contributed by atoms with Gasteiger partial charge in [-0.3, -0.25) is 0 Å². The van der Waals surface area contributed by atoms with Crippen LogP contribution in [0.1, 0.15) is 39.2 Å². The minimum Gasteiger partial charge on any atom is -0.444 e. The van der Waals surface area contributed by atoms with Crippen molar-refractivity contribution in [2.45, 2.75) is 51.2 Å². The lowest BCUT2D eigenvalue weighted by molar-refractivity contribution is -0.0425. The number of benzene rings is 1. The first kappa shape index (κ1) is 15.8. The first-order valence-electron chi connectivity index (χ1n) is 7.52. The molecule has 1 aromatic carbocycles. The standard InChI is InChI=1S/C17H25NO3/c1-16(2,3)21-15(19)18-11-7-10-17(20,13-18)12-14-8-5-4-6-9-14/h4-6,8-9,20H,7,10-13H2,1-3H3/t17-/m0/s1. The molecule has 0 spiro atoms. The Morgan fingerprint density at radius 1 is 1.33 bits per heavy atom. The fraction of sp³-hybridized carbons (Fsp3) is 0.588. The molecule has 1 aromatic rings. The predicted octanol–water partition coefficient (Wildman–Crippen LogP) is 2.99. The van der Waals surface area contributed by atoms with Crippen LogP contribution in [-0.2, 0) is 11.2 Å². The lowest BCUT2D eigenvalue weighted by Gasteiger charge is -2.39. The van der Waals surface area contributed by atoms with Gasteiger partial charge in [-0.25, -0.2) is 4.79 Å². The molecule has 1 atom stereocenters. The maximum Gasteiger partial charge on any atom is 0.410 e. The lowest BCUT2D eigenvalue weighted by atomic mass is 9.87. The molecule has 0 aromatic heterocycles. The van der Waals surface area contributed by atoms with E-state index < -0.39 is 11.2 Å². The van der Waals surface area contributed by atoms with Crippen molar-refractivity contribution in [2.24, 2.45) is 0 Å². The summed E-state index contributed by atoms with van der Waals surface area (Å²) in [5.74, 6) is 0. The number of β-amino-alcohol motifs (C(OH)–C–C–N with tert-alkyl or cyclic N) is 1. The third-order valence-corrected chi connectivity index (χ3v) is 3.58. The van der Waals surface area contributed by atoms with E-state index in [2.05, 4.69) is 0 Å². The summed E-state index contributed by atoms with van der Waals surface area (Å²) in [5, 5.41) is 10.8. The molecule has 21 heavy (non-hydrogen) atoms. The van der Waals surface area contributed by atoms with Crippen LogP contribution in [0, 0.1) is 0 Å². The molecule has 116 valence electrons. The number of carbonyl (C=O) groups is 1. The Bertz CT molecular complexity index is 481. The van der Waals surface area contributed by atoms with Crippen molar-refractivity contribution in [3.05, 3.63) is 35.9 Å². The van der Waals surface area contributed by atoms with Gasteiger partial charge in [0.25, 0.3) is 0 Å². The molecular weight excluding hydrogens is 266 g/mol. The summed E-state index contributed by atoms with van der Waals surface area (Å²) in [7, 11) is 0. The van der Waals surface area contributed by atoms with Crippen LogP contribution in [-0.4, -0.2) is 40.4 Å². The van der Waals surface area contributed by atoms with Crippen LogP contribution in [0.3, 0.4) is 0 Å². The second-order valence-corrected chi connectivity index (χ2v) is 6.89. The highest BCUT2D eigenvalue weighted by atomic mass is 16.6. The molecule has 0 bridgehead atoms. The normalized spacial score (nSPS) is 23.0. The molecule has 4 nitrogen and oxygen atoms in total. The first-order valence-corrected chi connectivity index (χ1v) is 7.52. The van der Waals surface area contributed by atoms with E-state index in [9.17, 15) is 9.90 Å². The van der Waals surface area contributed by atoms with Gasteiger partial charge in [-0.2, -0.15) is 0 Å². The van der Waals surface area contributed by atoms with E-state index in [0.717, 1.165) is 12.0 Å². The Morgan fingerprint density at radius 3 is 2.62 bits per heavy atom. The van der Waals surface area contributed by atoms with E-state index in [4.69, 9.17) is 4.74 Å². The minimum atomic E-state index is -0.865. The van der Waals surface area contributed by atoms with Gasteiger partial charge in [0, 0.05) is 13.0 Å². The van der Waals surface area contributed by atoms with Crippen LogP contribution < -0.4 is 0 Å². The Balaban J connectivity index is 2.01. The highest BCUT2D eigenvalue weighted by molar-refractivity contribution is 5.68. The average molecular weight is 291 g/mol. The van der Waals surface area contributed by atoms with Crippen molar-refractivity contribution >= 4 is 6.09 Å². The van der Waals surface area contributed by atoms with Gasteiger partial charge < -0.3 is 14.7 Å². The summed E-state index contributed by atoms with van der Waals surface area (Å²) < 4.78 is 5.40. The molecule has 1 heterocycles. The zero-order chi connectivity index (χ0) is 15.5. The number of hydrogen-bond donors (Lipinski definition) is 1. The van der Waals surface area contributed by atoms with Crippen LogP contribution in [0.15, 0.2) is 30.3 Å². The fourth-order valence-electron chi connectivity index (χ4n) is 2.71. The van der Waals surface area contributed by atoms with E-state index >= 15 is 0 Å². The van der Waals surface area contributed by atoms with E-state index in [0.29, 0.717) is 25.9 Å². The summed E-state index contributed by atoms with van der Waals surface area (Å²) in [6, 6.07) is 9.90. The zero-order valence-corrected chi connectivity index (χ0v) is 13.1. The van der Waals surface area contributed by atoms with Crippen molar-refractivity contribution in [3.8, 4) is 0 Å². The second-order valence-electron chi connectivity index (χ2n) is 6.89. The fourth-order valence-corrected chi connectivity index (χ4v) is 2.71. The maximum absolute atomic E-state index is 12.1. The highest BCUT2D eigenvalue weighted by Crippen LogP contribution is 2.26. The third kappa shape index (κ3) is 4.74.